The maximum Gasteiger partial charge on any atom is 0.287 e. The number of carbonyl (C=O) groups excluding carboxylic acids is 1. The number of benzene rings is 2. The number of methoxy groups -OCH3 is 1. The number of carbonyl (C=O) groups is 1. The molecule has 1 heterocycles. The quantitative estimate of drug-likeness (QED) is 0.449. The second-order valence-electron chi connectivity index (χ2n) is 5.28. The van der Waals surface area contributed by atoms with E-state index in [1.807, 2.05) is 36.5 Å². The molecule has 0 radical (unpaired) electrons. The lowest BCUT2D eigenvalue weighted by Crippen LogP contribution is -3.00. The van der Waals surface area contributed by atoms with Crippen molar-refractivity contribution >= 4 is 17.4 Å². The molecule has 0 unspecified atom stereocenters. The van der Waals surface area contributed by atoms with E-state index in [-0.39, 0.29) is 29.3 Å². The molecule has 2 aromatic carbocycles. The van der Waals surface area contributed by atoms with Gasteiger partial charge in [0.1, 0.15) is 5.75 Å². The third kappa shape index (κ3) is 4.87. The van der Waals surface area contributed by atoms with Gasteiger partial charge in [0.2, 0.25) is 5.78 Å². The molecular weight excluding hydrogens is 404 g/mol. The van der Waals surface area contributed by atoms with Crippen LogP contribution in [0.25, 0.3) is 11.3 Å². The van der Waals surface area contributed by atoms with Crippen molar-refractivity contribution in [2.75, 3.05) is 7.11 Å². The van der Waals surface area contributed by atoms with Crippen LogP contribution in [-0.2, 0) is 6.54 Å². The molecule has 0 saturated heterocycles. The minimum atomic E-state index is 0. The highest BCUT2D eigenvalue weighted by Crippen LogP contribution is 2.19. The molecule has 4 nitrogen and oxygen atoms in total. The van der Waals surface area contributed by atoms with Gasteiger partial charge in [-0.05, 0) is 53.5 Å². The van der Waals surface area contributed by atoms with E-state index in [9.17, 15) is 4.79 Å². The molecule has 0 fully saturated rings. The van der Waals surface area contributed by atoms with Gasteiger partial charge < -0.3 is 21.7 Å². The van der Waals surface area contributed by atoms with Crippen LogP contribution in [0.15, 0.2) is 67.1 Å². The fourth-order valence-corrected chi connectivity index (χ4v) is 2.43. The van der Waals surface area contributed by atoms with E-state index in [1.165, 1.54) is 0 Å². The van der Waals surface area contributed by atoms with Gasteiger partial charge in [-0.2, -0.15) is 0 Å². The Morgan fingerprint density at radius 2 is 1.76 bits per heavy atom. The van der Waals surface area contributed by atoms with E-state index in [0.717, 1.165) is 17.0 Å². The van der Waals surface area contributed by atoms with E-state index in [0.29, 0.717) is 10.6 Å². The zero-order chi connectivity index (χ0) is 16.9. The van der Waals surface area contributed by atoms with Crippen LogP contribution in [0, 0.1) is 0 Å². The summed E-state index contributed by atoms with van der Waals surface area (Å²) in [7, 11) is 1.64. The van der Waals surface area contributed by atoms with Crippen LogP contribution < -0.4 is 26.3 Å². The maximum atomic E-state index is 12.2. The fourth-order valence-electron chi connectivity index (χ4n) is 2.30. The van der Waals surface area contributed by atoms with Crippen LogP contribution in [-0.4, -0.2) is 17.9 Å². The van der Waals surface area contributed by atoms with Gasteiger partial charge >= 0.3 is 0 Å². The lowest BCUT2D eigenvalue weighted by molar-refractivity contribution is -0.686. The number of nitrogens with zero attached hydrogens (tertiary/aromatic N) is 2. The molecule has 6 heteroatoms. The van der Waals surface area contributed by atoms with Gasteiger partial charge in [0.15, 0.2) is 12.2 Å². The first-order valence-corrected chi connectivity index (χ1v) is 7.82. The topological polar surface area (TPSA) is 43.1 Å². The molecule has 0 aliphatic heterocycles. The average molecular weight is 420 g/mol. The first kappa shape index (κ1) is 19.1. The molecular formula is C19H16BrClN2O2. The SMILES string of the molecule is COc1ccc(-c2cc[n+](CC(=O)c3ccc(Cl)cc3)cn2)cc1.[Br-]. The predicted molar refractivity (Wildman–Crippen MR) is 92.2 cm³/mol. The van der Waals surface area contributed by atoms with E-state index in [4.69, 9.17) is 16.3 Å². The molecule has 3 rings (SSSR count). The smallest absolute Gasteiger partial charge is 0.287 e. The van der Waals surface area contributed by atoms with Crippen molar-refractivity contribution in [1.29, 1.82) is 0 Å². The Balaban J connectivity index is 0.00000225. The summed E-state index contributed by atoms with van der Waals surface area (Å²) in [5.74, 6) is 0.814. The number of ether oxygens (including phenoxy) is 1. The second kappa shape index (κ2) is 8.74. The van der Waals surface area contributed by atoms with Crippen molar-refractivity contribution in [3.8, 4) is 17.0 Å². The number of hydrogen-bond acceptors (Lipinski definition) is 3. The first-order chi connectivity index (χ1) is 11.7. The van der Waals surface area contributed by atoms with Crippen molar-refractivity contribution in [2.45, 2.75) is 6.54 Å². The van der Waals surface area contributed by atoms with E-state index >= 15 is 0 Å². The Labute approximate surface area is 161 Å². The van der Waals surface area contributed by atoms with Gasteiger partial charge in [0.05, 0.1) is 13.3 Å². The van der Waals surface area contributed by atoms with Crippen LogP contribution in [0.3, 0.4) is 0 Å². The van der Waals surface area contributed by atoms with Crippen LogP contribution in [0.1, 0.15) is 10.4 Å². The monoisotopic (exact) mass is 418 g/mol. The Morgan fingerprint density at radius 3 is 2.32 bits per heavy atom. The summed E-state index contributed by atoms with van der Waals surface area (Å²) in [5, 5.41) is 0.615. The van der Waals surface area contributed by atoms with Gasteiger partial charge in [-0.15, -0.1) is 0 Å². The molecule has 1 aromatic heterocycles. The summed E-state index contributed by atoms with van der Waals surface area (Å²) in [4.78, 5) is 16.7. The number of aromatic nitrogens is 2. The third-order valence-electron chi connectivity index (χ3n) is 3.65. The predicted octanol–water partition coefficient (Wildman–Crippen LogP) is 0.585. The summed E-state index contributed by atoms with van der Waals surface area (Å²) in [5.41, 5.74) is 2.46. The Hall–Kier alpha value is -2.24. The lowest BCUT2D eigenvalue weighted by atomic mass is 10.1. The molecule has 0 aliphatic rings. The van der Waals surface area contributed by atoms with Crippen molar-refractivity contribution in [1.82, 2.24) is 4.98 Å². The molecule has 0 amide bonds. The van der Waals surface area contributed by atoms with Crippen LogP contribution >= 0.6 is 11.6 Å². The van der Waals surface area contributed by atoms with Crippen molar-refractivity contribution < 1.29 is 31.1 Å². The molecule has 0 bridgehead atoms. The van der Waals surface area contributed by atoms with Gasteiger partial charge in [0.25, 0.3) is 6.33 Å². The molecule has 0 spiro atoms. The third-order valence-corrected chi connectivity index (χ3v) is 3.90. The second-order valence-corrected chi connectivity index (χ2v) is 5.71. The van der Waals surface area contributed by atoms with E-state index in [1.54, 1.807) is 42.3 Å². The summed E-state index contributed by atoms with van der Waals surface area (Å²) in [6.45, 7) is 0.234. The maximum absolute atomic E-state index is 12.2. The largest absolute Gasteiger partial charge is 1.00 e. The zero-order valence-corrected chi connectivity index (χ0v) is 15.9. The van der Waals surface area contributed by atoms with Crippen molar-refractivity contribution in [2.24, 2.45) is 0 Å². The zero-order valence-electron chi connectivity index (χ0n) is 13.5. The molecule has 128 valence electrons. The highest BCUT2D eigenvalue weighted by molar-refractivity contribution is 6.30. The molecule has 25 heavy (non-hydrogen) atoms. The number of halogens is 2. The minimum Gasteiger partial charge on any atom is -1.00 e. The van der Waals surface area contributed by atoms with Crippen molar-refractivity contribution in [3.63, 3.8) is 0 Å². The molecule has 0 atom stereocenters. The molecule has 0 saturated carbocycles. The minimum absolute atomic E-state index is 0. The summed E-state index contributed by atoms with van der Waals surface area (Å²) in [6, 6.07) is 16.4. The first-order valence-electron chi connectivity index (χ1n) is 7.44. The number of Topliss-reactive ketones (excluding diaryl/α,β-unsaturated/α-hetero) is 1. The van der Waals surface area contributed by atoms with E-state index in [2.05, 4.69) is 4.98 Å². The molecule has 3 aromatic rings. The lowest BCUT2D eigenvalue weighted by Gasteiger charge is -2.02. The standard InChI is InChI=1S/C19H16ClN2O2.BrH/c1-24-17-8-4-14(5-9-17)18-10-11-22(13-21-18)12-19(23)15-2-6-16(20)7-3-15;/h2-11,13H,12H2,1H3;1H/q+1;/p-1. The summed E-state index contributed by atoms with van der Waals surface area (Å²) in [6.07, 6.45) is 3.51. The van der Waals surface area contributed by atoms with Gasteiger partial charge in [0, 0.05) is 22.2 Å². The number of rotatable bonds is 5. The molecule has 0 N–H and O–H groups in total. The average Bonchev–Trinajstić information content (AvgIpc) is 2.63. The normalized spacial score (nSPS) is 10.0. The summed E-state index contributed by atoms with van der Waals surface area (Å²) < 4.78 is 6.90. The number of hydrogen-bond donors (Lipinski definition) is 0. The van der Waals surface area contributed by atoms with E-state index < -0.39 is 0 Å². The van der Waals surface area contributed by atoms with Crippen LogP contribution in [0.2, 0.25) is 5.02 Å². The van der Waals surface area contributed by atoms with Gasteiger partial charge in [-0.25, -0.2) is 4.57 Å². The highest BCUT2D eigenvalue weighted by Gasteiger charge is 2.12. The highest BCUT2D eigenvalue weighted by atomic mass is 79.9. The van der Waals surface area contributed by atoms with Crippen LogP contribution in [0.5, 0.6) is 5.75 Å². The van der Waals surface area contributed by atoms with Crippen molar-refractivity contribution in [3.05, 3.63) is 77.7 Å². The van der Waals surface area contributed by atoms with Crippen LogP contribution in [0.4, 0.5) is 0 Å². The Morgan fingerprint density at radius 1 is 1.08 bits per heavy atom. The van der Waals surface area contributed by atoms with Gasteiger partial charge in [-0.1, -0.05) is 11.6 Å². The number of ketones is 1. The summed E-state index contributed by atoms with van der Waals surface area (Å²) >= 11 is 5.84. The van der Waals surface area contributed by atoms with Gasteiger partial charge in [-0.3, -0.25) is 4.79 Å². The fraction of sp³-hybridized carbons (Fsp3) is 0.105. The Kier molecular flexibility index (Phi) is 6.67. The molecule has 0 aliphatic carbocycles. The Bertz CT molecular complexity index is 835.